The average Bonchev–Trinajstić information content (AvgIpc) is 2.64. The first-order valence-corrected chi connectivity index (χ1v) is 7.87. The molecule has 6 nitrogen and oxygen atoms in total. The summed E-state index contributed by atoms with van der Waals surface area (Å²) in [5.74, 6) is 0.128. The van der Waals surface area contributed by atoms with Gasteiger partial charge in [0.25, 0.3) is 5.69 Å². The van der Waals surface area contributed by atoms with Crippen molar-refractivity contribution in [2.45, 2.75) is 12.7 Å². The fraction of sp³-hybridized carbons (Fsp3) is 0.167. The summed E-state index contributed by atoms with van der Waals surface area (Å²) in [5.41, 5.74) is 1.47. The van der Waals surface area contributed by atoms with Gasteiger partial charge in [-0.05, 0) is 29.8 Å². The zero-order valence-corrected chi connectivity index (χ0v) is 13.9. The van der Waals surface area contributed by atoms with Gasteiger partial charge in [-0.2, -0.15) is 13.2 Å². The minimum atomic E-state index is -4.38. The van der Waals surface area contributed by atoms with Crippen molar-refractivity contribution in [2.75, 3.05) is 11.9 Å². The maximum atomic E-state index is 12.2. The molecular weight excluding hydrogens is 363 g/mol. The normalized spacial score (nSPS) is 11.4. The van der Waals surface area contributed by atoms with E-state index >= 15 is 0 Å². The van der Waals surface area contributed by atoms with E-state index in [-0.39, 0.29) is 11.4 Å². The topological polar surface area (TPSA) is 77.3 Å². The number of halogens is 3. The van der Waals surface area contributed by atoms with Gasteiger partial charge in [-0.3, -0.25) is 15.1 Å². The van der Waals surface area contributed by atoms with Crippen LogP contribution in [0.4, 0.5) is 24.5 Å². The van der Waals surface area contributed by atoms with Crippen LogP contribution in [0.3, 0.4) is 0 Å². The van der Waals surface area contributed by atoms with E-state index in [1.54, 1.807) is 30.5 Å². The summed E-state index contributed by atoms with van der Waals surface area (Å²) < 4.78 is 41.1. The van der Waals surface area contributed by atoms with Gasteiger partial charge in [0.15, 0.2) is 6.61 Å². The number of hydrogen-bond acceptors (Lipinski definition) is 5. The Labute approximate surface area is 151 Å². The van der Waals surface area contributed by atoms with Gasteiger partial charge in [-0.1, -0.05) is 12.1 Å². The Bertz CT molecular complexity index is 959. The molecule has 2 aromatic carbocycles. The van der Waals surface area contributed by atoms with E-state index in [9.17, 15) is 23.3 Å². The predicted octanol–water partition coefficient (Wildman–Crippen LogP) is 4.70. The number of aromatic nitrogens is 1. The molecule has 9 heteroatoms. The Hall–Kier alpha value is -3.36. The summed E-state index contributed by atoms with van der Waals surface area (Å²) in [6, 6.07) is 10.9. The summed E-state index contributed by atoms with van der Waals surface area (Å²) in [7, 11) is 0. The zero-order chi connectivity index (χ0) is 19.4. The lowest BCUT2D eigenvalue weighted by Gasteiger charge is -2.11. The van der Waals surface area contributed by atoms with Crippen LogP contribution in [0, 0.1) is 10.1 Å². The lowest BCUT2D eigenvalue weighted by atomic mass is 10.1. The number of fused-ring (bicyclic) bond motifs is 1. The maximum absolute atomic E-state index is 12.2. The highest BCUT2D eigenvalue weighted by atomic mass is 19.4. The molecule has 0 aliphatic carbocycles. The number of benzene rings is 2. The summed E-state index contributed by atoms with van der Waals surface area (Å²) in [4.78, 5) is 14.6. The fourth-order valence-electron chi connectivity index (χ4n) is 2.55. The molecule has 0 aliphatic rings. The Morgan fingerprint density at radius 3 is 2.48 bits per heavy atom. The first-order valence-electron chi connectivity index (χ1n) is 7.87. The second-order valence-electron chi connectivity index (χ2n) is 5.71. The van der Waals surface area contributed by atoms with Crippen molar-refractivity contribution in [3.05, 3.63) is 70.5 Å². The van der Waals surface area contributed by atoms with Crippen molar-refractivity contribution in [3.63, 3.8) is 0 Å². The fourth-order valence-corrected chi connectivity index (χ4v) is 2.55. The summed E-state index contributed by atoms with van der Waals surface area (Å²) in [6.45, 7) is -0.956. The van der Waals surface area contributed by atoms with Crippen LogP contribution >= 0.6 is 0 Å². The van der Waals surface area contributed by atoms with Crippen molar-refractivity contribution in [1.82, 2.24) is 4.98 Å². The van der Waals surface area contributed by atoms with Gasteiger partial charge in [0, 0.05) is 36.1 Å². The number of anilines is 1. The van der Waals surface area contributed by atoms with Crippen LogP contribution in [0.2, 0.25) is 0 Å². The SMILES string of the molecule is O=[N+]([O-])c1ccc(NCc2ccc(OCC(F)(F)F)cc2)c2ccncc12. The number of rotatable bonds is 6. The van der Waals surface area contributed by atoms with E-state index in [0.717, 1.165) is 5.56 Å². The molecule has 0 saturated heterocycles. The van der Waals surface area contributed by atoms with Gasteiger partial charge in [0.05, 0.1) is 10.3 Å². The molecule has 27 heavy (non-hydrogen) atoms. The molecule has 3 rings (SSSR count). The molecular formula is C18H14F3N3O3. The summed E-state index contributed by atoms with van der Waals surface area (Å²) >= 11 is 0. The number of nitro groups is 1. The molecule has 0 saturated carbocycles. The van der Waals surface area contributed by atoms with Crippen molar-refractivity contribution in [1.29, 1.82) is 0 Å². The molecule has 1 heterocycles. The van der Waals surface area contributed by atoms with Crippen LogP contribution in [0.25, 0.3) is 10.8 Å². The van der Waals surface area contributed by atoms with Crippen LogP contribution in [-0.2, 0) is 6.54 Å². The Morgan fingerprint density at radius 2 is 1.81 bits per heavy atom. The number of nitrogens with zero attached hydrogens (tertiary/aromatic N) is 2. The minimum Gasteiger partial charge on any atom is -0.484 e. The number of nitrogens with one attached hydrogen (secondary N) is 1. The van der Waals surface area contributed by atoms with Crippen molar-refractivity contribution in [2.24, 2.45) is 0 Å². The highest BCUT2D eigenvalue weighted by molar-refractivity contribution is 5.99. The quantitative estimate of drug-likeness (QED) is 0.498. The number of non-ortho nitro benzene ring substituents is 1. The molecule has 0 spiro atoms. The Balaban J connectivity index is 1.72. The Kier molecular flexibility index (Phi) is 5.11. The van der Waals surface area contributed by atoms with Crippen LogP contribution < -0.4 is 10.1 Å². The van der Waals surface area contributed by atoms with E-state index in [2.05, 4.69) is 15.0 Å². The molecule has 0 unspecified atom stereocenters. The van der Waals surface area contributed by atoms with Crippen molar-refractivity contribution < 1.29 is 22.8 Å². The first-order chi connectivity index (χ1) is 12.8. The van der Waals surface area contributed by atoms with E-state index in [0.29, 0.717) is 23.0 Å². The van der Waals surface area contributed by atoms with Gasteiger partial charge < -0.3 is 10.1 Å². The van der Waals surface area contributed by atoms with E-state index < -0.39 is 17.7 Å². The van der Waals surface area contributed by atoms with E-state index in [1.807, 2.05) is 0 Å². The molecule has 0 bridgehead atoms. The molecule has 0 fully saturated rings. The third-order valence-corrected chi connectivity index (χ3v) is 3.80. The van der Waals surface area contributed by atoms with Crippen LogP contribution in [0.15, 0.2) is 54.9 Å². The van der Waals surface area contributed by atoms with Crippen LogP contribution in [0.5, 0.6) is 5.75 Å². The second kappa shape index (κ2) is 7.48. The van der Waals surface area contributed by atoms with Gasteiger partial charge in [-0.25, -0.2) is 0 Å². The zero-order valence-electron chi connectivity index (χ0n) is 13.9. The van der Waals surface area contributed by atoms with Gasteiger partial charge in [0.1, 0.15) is 5.75 Å². The molecule has 0 radical (unpaired) electrons. The van der Waals surface area contributed by atoms with Crippen LogP contribution in [-0.4, -0.2) is 22.7 Å². The number of pyridine rings is 1. The van der Waals surface area contributed by atoms with Crippen molar-refractivity contribution in [3.8, 4) is 5.75 Å². The molecule has 0 aliphatic heterocycles. The third kappa shape index (κ3) is 4.63. The maximum Gasteiger partial charge on any atom is 0.422 e. The number of ether oxygens (including phenoxy) is 1. The molecule has 1 N–H and O–H groups in total. The number of nitro benzene ring substituents is 1. The average molecular weight is 377 g/mol. The van der Waals surface area contributed by atoms with Crippen molar-refractivity contribution >= 4 is 22.1 Å². The number of alkyl halides is 3. The standard InChI is InChI=1S/C18H14F3N3O3/c19-18(20,21)11-27-13-3-1-12(2-4-13)9-23-16-5-6-17(24(25)26)15-10-22-8-7-14(15)16/h1-8,10,23H,9,11H2. The minimum absolute atomic E-state index is 0.0326. The van der Waals surface area contributed by atoms with Gasteiger partial charge in [0.2, 0.25) is 0 Å². The summed E-state index contributed by atoms with van der Waals surface area (Å²) in [6.07, 6.45) is -1.40. The predicted molar refractivity (Wildman–Crippen MR) is 93.7 cm³/mol. The molecule has 140 valence electrons. The smallest absolute Gasteiger partial charge is 0.422 e. The Morgan fingerprint density at radius 1 is 1.07 bits per heavy atom. The lowest BCUT2D eigenvalue weighted by Crippen LogP contribution is -2.19. The summed E-state index contributed by atoms with van der Waals surface area (Å²) in [5, 5.41) is 15.4. The third-order valence-electron chi connectivity index (χ3n) is 3.80. The molecule has 1 aromatic heterocycles. The number of hydrogen-bond donors (Lipinski definition) is 1. The molecule has 0 amide bonds. The monoisotopic (exact) mass is 377 g/mol. The van der Waals surface area contributed by atoms with E-state index in [4.69, 9.17) is 0 Å². The second-order valence-corrected chi connectivity index (χ2v) is 5.71. The highest BCUT2D eigenvalue weighted by Crippen LogP contribution is 2.31. The first kappa shape index (κ1) is 18.4. The highest BCUT2D eigenvalue weighted by Gasteiger charge is 2.28. The largest absolute Gasteiger partial charge is 0.484 e. The van der Waals surface area contributed by atoms with Gasteiger partial charge >= 0.3 is 6.18 Å². The van der Waals surface area contributed by atoms with E-state index in [1.165, 1.54) is 24.4 Å². The molecule has 0 atom stereocenters. The lowest BCUT2D eigenvalue weighted by molar-refractivity contribution is -0.383. The van der Waals surface area contributed by atoms with Crippen LogP contribution in [0.1, 0.15) is 5.56 Å². The van der Waals surface area contributed by atoms with Gasteiger partial charge in [-0.15, -0.1) is 0 Å². The molecule has 3 aromatic rings.